The molecule has 1 fully saturated rings. The first-order valence-corrected chi connectivity index (χ1v) is 9.68. The van der Waals surface area contributed by atoms with Crippen LogP contribution in [0.5, 0.6) is 0 Å². The van der Waals surface area contributed by atoms with Gasteiger partial charge < -0.3 is 19.9 Å². The molecule has 1 aromatic carbocycles. The molecule has 1 amide bonds. The second kappa shape index (κ2) is 6.31. The number of hydrogen-bond donors (Lipinski definition) is 2. The molecule has 0 saturated carbocycles. The van der Waals surface area contributed by atoms with Crippen LogP contribution in [-0.4, -0.2) is 40.7 Å². The highest BCUT2D eigenvalue weighted by atomic mass is 16.6. The lowest BCUT2D eigenvalue weighted by molar-refractivity contribution is 0.0202. The van der Waals surface area contributed by atoms with Gasteiger partial charge in [-0.15, -0.1) is 0 Å². The van der Waals surface area contributed by atoms with Crippen LogP contribution in [0.3, 0.4) is 0 Å². The maximum atomic E-state index is 12.8. The Labute approximate surface area is 155 Å². The maximum Gasteiger partial charge on any atom is 0.410 e. The van der Waals surface area contributed by atoms with E-state index < -0.39 is 5.60 Å². The number of carbonyl (C=O) groups excluding carboxylic acids is 1. The van der Waals surface area contributed by atoms with Crippen LogP contribution >= 0.6 is 0 Å². The van der Waals surface area contributed by atoms with Gasteiger partial charge in [-0.05, 0) is 52.2 Å². The molecule has 2 unspecified atom stereocenters. The minimum Gasteiger partial charge on any atom is -0.444 e. The molecular weight excluding hydrogens is 326 g/mol. The first kappa shape index (κ1) is 17.4. The Morgan fingerprint density at radius 2 is 2.04 bits per heavy atom. The number of benzene rings is 1. The zero-order valence-corrected chi connectivity index (χ0v) is 16.1. The van der Waals surface area contributed by atoms with E-state index in [0.29, 0.717) is 6.04 Å². The molecule has 1 saturated heterocycles. The molecule has 5 nitrogen and oxygen atoms in total. The van der Waals surface area contributed by atoms with E-state index >= 15 is 0 Å². The van der Waals surface area contributed by atoms with Gasteiger partial charge >= 0.3 is 6.09 Å². The number of nitrogens with zero attached hydrogens (tertiary/aromatic N) is 1. The quantitative estimate of drug-likeness (QED) is 0.801. The van der Waals surface area contributed by atoms with Gasteiger partial charge in [0.15, 0.2) is 0 Å². The van der Waals surface area contributed by atoms with Crippen LogP contribution < -0.4 is 5.32 Å². The van der Waals surface area contributed by atoms with Crippen molar-refractivity contribution in [1.82, 2.24) is 15.2 Å². The molecule has 2 aromatic rings. The summed E-state index contributed by atoms with van der Waals surface area (Å²) < 4.78 is 5.68. The lowest BCUT2D eigenvalue weighted by atomic mass is 9.84. The number of rotatable bonds is 1. The van der Waals surface area contributed by atoms with Crippen LogP contribution in [0.4, 0.5) is 4.79 Å². The summed E-state index contributed by atoms with van der Waals surface area (Å²) in [5.41, 5.74) is 3.36. The first-order chi connectivity index (χ1) is 12.3. The third kappa shape index (κ3) is 2.98. The lowest BCUT2D eigenvalue weighted by Gasteiger charge is -2.37. The third-order valence-electron chi connectivity index (χ3n) is 5.62. The number of hydrogen-bond acceptors (Lipinski definition) is 3. The zero-order chi connectivity index (χ0) is 18.5. The van der Waals surface area contributed by atoms with Crippen molar-refractivity contribution in [2.24, 2.45) is 0 Å². The molecular formula is C21H29N3O2. The number of ether oxygens (including phenoxy) is 1. The van der Waals surface area contributed by atoms with Crippen LogP contribution in [0.25, 0.3) is 10.9 Å². The summed E-state index contributed by atoms with van der Waals surface area (Å²) in [6.45, 7) is 9.65. The molecule has 2 N–H and O–H groups in total. The number of aromatic amines is 1. The van der Waals surface area contributed by atoms with E-state index in [9.17, 15) is 4.79 Å². The smallest absolute Gasteiger partial charge is 0.410 e. The predicted octanol–water partition coefficient (Wildman–Crippen LogP) is 4.32. The second-order valence-corrected chi connectivity index (χ2v) is 8.62. The highest BCUT2D eigenvalue weighted by Crippen LogP contribution is 2.41. The summed E-state index contributed by atoms with van der Waals surface area (Å²) in [6.07, 6.45) is 1.88. The first-order valence-electron chi connectivity index (χ1n) is 9.68. The Morgan fingerprint density at radius 1 is 1.27 bits per heavy atom. The van der Waals surface area contributed by atoms with Gasteiger partial charge in [-0.3, -0.25) is 0 Å². The van der Waals surface area contributed by atoms with Crippen molar-refractivity contribution >= 4 is 17.0 Å². The Hall–Kier alpha value is -2.01. The average molecular weight is 355 g/mol. The molecule has 2 aliphatic rings. The summed E-state index contributed by atoms with van der Waals surface area (Å²) in [6, 6.07) is 8.98. The minimum atomic E-state index is -0.463. The van der Waals surface area contributed by atoms with Gasteiger partial charge in [0, 0.05) is 47.7 Å². The Kier molecular flexibility index (Phi) is 4.22. The number of amides is 1. The Bertz CT molecular complexity index is 820. The molecule has 3 heterocycles. The Balaban J connectivity index is 1.70. The fourth-order valence-electron chi connectivity index (χ4n) is 4.52. The van der Waals surface area contributed by atoms with Crippen LogP contribution in [-0.2, 0) is 4.74 Å². The molecule has 5 heteroatoms. The van der Waals surface area contributed by atoms with E-state index in [1.54, 1.807) is 0 Å². The number of H-pyrrole nitrogens is 1. The van der Waals surface area contributed by atoms with Crippen molar-refractivity contribution in [2.45, 2.75) is 64.1 Å². The zero-order valence-electron chi connectivity index (χ0n) is 16.1. The normalized spacial score (nSPS) is 26.2. The number of para-hydroxylation sites is 1. The molecule has 0 aliphatic carbocycles. The van der Waals surface area contributed by atoms with Crippen molar-refractivity contribution in [3.63, 3.8) is 0 Å². The predicted molar refractivity (Wildman–Crippen MR) is 103 cm³/mol. The van der Waals surface area contributed by atoms with Crippen LogP contribution in [0, 0.1) is 0 Å². The maximum absolute atomic E-state index is 12.8. The minimum absolute atomic E-state index is 0.181. The highest BCUT2D eigenvalue weighted by Gasteiger charge is 2.41. The monoisotopic (exact) mass is 355 g/mol. The fourth-order valence-corrected chi connectivity index (χ4v) is 4.52. The fraction of sp³-hybridized carbons (Fsp3) is 0.571. The van der Waals surface area contributed by atoms with E-state index in [1.165, 1.54) is 22.2 Å². The molecule has 140 valence electrons. The van der Waals surface area contributed by atoms with Gasteiger partial charge in [0.2, 0.25) is 0 Å². The van der Waals surface area contributed by atoms with Crippen molar-refractivity contribution in [3.8, 4) is 0 Å². The number of likely N-dealkylation sites (tertiary alicyclic amines) is 1. The number of fused-ring (bicyclic) bond motifs is 3. The number of nitrogens with one attached hydrogen (secondary N) is 2. The van der Waals surface area contributed by atoms with Crippen molar-refractivity contribution in [2.75, 3.05) is 13.1 Å². The molecule has 26 heavy (non-hydrogen) atoms. The summed E-state index contributed by atoms with van der Waals surface area (Å²) in [5, 5.41) is 4.91. The third-order valence-corrected chi connectivity index (χ3v) is 5.62. The standard InChI is InChI=1S/C21H29N3O2/c1-13-19-18(14-8-5-6-9-16(14)23-19)15(12-22-13)17-10-7-11-24(17)20(25)26-21(2,3)4/h5-6,8-9,13,15,17,22-23H,7,10-12H2,1-4H3/t13?,15?,17-/m0/s1. The molecule has 3 atom stereocenters. The molecule has 4 rings (SSSR count). The van der Waals surface area contributed by atoms with E-state index in [-0.39, 0.29) is 18.1 Å². The largest absolute Gasteiger partial charge is 0.444 e. The van der Waals surface area contributed by atoms with E-state index in [4.69, 9.17) is 4.74 Å². The van der Waals surface area contributed by atoms with Gasteiger partial charge in [-0.25, -0.2) is 4.79 Å². The van der Waals surface area contributed by atoms with E-state index in [1.807, 2.05) is 25.7 Å². The van der Waals surface area contributed by atoms with Gasteiger partial charge in [0.05, 0.1) is 0 Å². The molecule has 0 bridgehead atoms. The van der Waals surface area contributed by atoms with Gasteiger partial charge in [-0.2, -0.15) is 0 Å². The molecule has 0 spiro atoms. The van der Waals surface area contributed by atoms with Gasteiger partial charge in [0.1, 0.15) is 5.60 Å². The SMILES string of the molecule is CC1NCC([C@@H]2CCCN2C(=O)OC(C)(C)C)c2c1[nH]c1ccccc21. The Morgan fingerprint density at radius 3 is 2.81 bits per heavy atom. The lowest BCUT2D eigenvalue weighted by Crippen LogP contribution is -2.46. The van der Waals surface area contributed by atoms with Gasteiger partial charge in [0.25, 0.3) is 0 Å². The molecule has 2 aliphatic heterocycles. The van der Waals surface area contributed by atoms with Crippen molar-refractivity contribution in [3.05, 3.63) is 35.5 Å². The summed E-state index contributed by atoms with van der Waals surface area (Å²) in [5.74, 6) is 0.285. The summed E-state index contributed by atoms with van der Waals surface area (Å²) >= 11 is 0. The van der Waals surface area contributed by atoms with Crippen LogP contribution in [0.2, 0.25) is 0 Å². The van der Waals surface area contributed by atoms with Crippen LogP contribution in [0.15, 0.2) is 24.3 Å². The topological polar surface area (TPSA) is 57.4 Å². The summed E-state index contributed by atoms with van der Waals surface area (Å²) in [7, 11) is 0. The van der Waals surface area contributed by atoms with Crippen molar-refractivity contribution < 1.29 is 9.53 Å². The van der Waals surface area contributed by atoms with Crippen molar-refractivity contribution in [1.29, 1.82) is 0 Å². The number of aromatic nitrogens is 1. The summed E-state index contributed by atoms with van der Waals surface area (Å²) in [4.78, 5) is 18.3. The van der Waals surface area contributed by atoms with Crippen LogP contribution in [0.1, 0.15) is 63.8 Å². The average Bonchev–Trinajstić information content (AvgIpc) is 3.19. The molecule has 0 radical (unpaired) electrons. The highest BCUT2D eigenvalue weighted by molar-refractivity contribution is 5.86. The van der Waals surface area contributed by atoms with E-state index in [2.05, 4.69) is 41.5 Å². The molecule has 1 aromatic heterocycles. The van der Waals surface area contributed by atoms with Gasteiger partial charge in [-0.1, -0.05) is 18.2 Å². The number of carbonyl (C=O) groups is 1. The van der Waals surface area contributed by atoms with E-state index in [0.717, 1.165) is 25.9 Å². The second-order valence-electron chi connectivity index (χ2n) is 8.62.